The van der Waals surface area contributed by atoms with Gasteiger partial charge in [0.05, 0.1) is 23.7 Å². The summed E-state index contributed by atoms with van der Waals surface area (Å²) in [5.41, 5.74) is 5.54. The normalized spacial score (nSPS) is 18.6. The number of benzene rings is 4. The molecule has 0 spiro atoms. The first-order chi connectivity index (χ1) is 21.9. The molecular weight excluding hydrogens is 627 g/mol. The van der Waals surface area contributed by atoms with Crippen LogP contribution in [0.1, 0.15) is 46.1 Å². The van der Waals surface area contributed by atoms with Crippen molar-refractivity contribution in [2.45, 2.75) is 54.2 Å². The van der Waals surface area contributed by atoms with Crippen LogP contribution < -0.4 is 4.72 Å². The van der Waals surface area contributed by atoms with Gasteiger partial charge in [-0.05, 0) is 46.9 Å². The number of nitrogens with zero attached hydrogens (tertiary/aromatic N) is 2. The monoisotopic (exact) mass is 659 g/mol. The second kappa shape index (κ2) is 14.3. The summed E-state index contributed by atoms with van der Waals surface area (Å²) in [4.78, 5) is 0.233. The highest BCUT2D eigenvalue weighted by molar-refractivity contribution is 8.01. The molecule has 0 saturated carbocycles. The highest BCUT2D eigenvalue weighted by Crippen LogP contribution is 2.40. The number of hydrogen-bond acceptors (Lipinski definition) is 9. The van der Waals surface area contributed by atoms with Crippen molar-refractivity contribution in [3.05, 3.63) is 130 Å². The number of sulfonamides is 1. The molecule has 8 nitrogen and oxygen atoms in total. The lowest BCUT2D eigenvalue weighted by atomic mass is 9.98. The van der Waals surface area contributed by atoms with Gasteiger partial charge in [-0.3, -0.25) is 0 Å². The van der Waals surface area contributed by atoms with Crippen LogP contribution in [0.5, 0.6) is 0 Å². The summed E-state index contributed by atoms with van der Waals surface area (Å²) in [6, 6.07) is 32.0. The Morgan fingerprint density at radius 1 is 0.889 bits per heavy atom. The molecule has 6 rings (SSSR count). The molecule has 1 aliphatic rings. The van der Waals surface area contributed by atoms with Crippen molar-refractivity contribution in [1.29, 1.82) is 0 Å². The molecule has 0 bridgehead atoms. The molecule has 0 amide bonds. The maximum absolute atomic E-state index is 12.8. The summed E-state index contributed by atoms with van der Waals surface area (Å²) in [5, 5.41) is 18.8. The lowest BCUT2D eigenvalue weighted by Gasteiger charge is -2.36. The Labute approximate surface area is 271 Å². The highest BCUT2D eigenvalue weighted by atomic mass is 32.2. The first-order valence-corrected chi connectivity index (χ1v) is 17.8. The van der Waals surface area contributed by atoms with E-state index in [1.54, 1.807) is 53.4 Å². The Kier molecular flexibility index (Phi) is 10.1. The second-order valence-corrected chi connectivity index (χ2v) is 14.9. The van der Waals surface area contributed by atoms with Crippen molar-refractivity contribution in [3.8, 4) is 11.1 Å². The van der Waals surface area contributed by atoms with Crippen molar-refractivity contribution >= 4 is 33.1 Å². The van der Waals surface area contributed by atoms with Crippen molar-refractivity contribution < 1.29 is 23.0 Å². The van der Waals surface area contributed by atoms with Gasteiger partial charge in [-0.2, -0.15) is 0 Å². The van der Waals surface area contributed by atoms with E-state index in [0.29, 0.717) is 12.2 Å². The topological polar surface area (TPSA) is 111 Å². The number of ether oxygens (including phenoxy) is 2. The number of nitrogens with one attached hydrogen (secondary N) is 1. The first kappa shape index (κ1) is 31.6. The van der Waals surface area contributed by atoms with Crippen LogP contribution in [0.2, 0.25) is 0 Å². The molecule has 45 heavy (non-hydrogen) atoms. The van der Waals surface area contributed by atoms with Gasteiger partial charge in [0.15, 0.2) is 10.6 Å². The zero-order valence-electron chi connectivity index (χ0n) is 24.6. The first-order valence-electron chi connectivity index (χ1n) is 14.5. The molecule has 3 atom stereocenters. The van der Waals surface area contributed by atoms with Crippen LogP contribution >= 0.6 is 23.1 Å². The van der Waals surface area contributed by atoms with E-state index in [9.17, 15) is 13.5 Å². The SMILES string of the molecule is Cc1nnc(SCC2CC(c3ccc(CO)cc3)OC(c3ccc(-c4ccccc4CNS(=O)(=O)c4ccccc4)cc3)O2)s1. The summed E-state index contributed by atoms with van der Waals surface area (Å²) in [6.07, 6.45) is -0.163. The number of rotatable bonds is 11. The number of hydrogen-bond donors (Lipinski definition) is 2. The van der Waals surface area contributed by atoms with Crippen LogP contribution in [0.15, 0.2) is 112 Å². The third-order valence-electron chi connectivity index (χ3n) is 7.53. The molecule has 5 aromatic rings. The highest BCUT2D eigenvalue weighted by Gasteiger charge is 2.32. The summed E-state index contributed by atoms with van der Waals surface area (Å²) in [7, 11) is -3.64. The third-order valence-corrected chi connectivity index (χ3v) is 11.1. The van der Waals surface area contributed by atoms with Crippen LogP contribution in [-0.4, -0.2) is 35.6 Å². The van der Waals surface area contributed by atoms with E-state index in [-0.39, 0.29) is 30.3 Å². The Bertz CT molecular complexity index is 1810. The van der Waals surface area contributed by atoms with Crippen molar-refractivity contribution in [1.82, 2.24) is 14.9 Å². The molecule has 2 heterocycles. The fourth-order valence-electron chi connectivity index (χ4n) is 5.16. The fourth-order valence-corrected chi connectivity index (χ4v) is 8.04. The van der Waals surface area contributed by atoms with Crippen molar-refractivity contribution in [2.24, 2.45) is 0 Å². The Morgan fingerprint density at radius 2 is 1.60 bits per heavy atom. The number of aryl methyl sites for hydroxylation is 1. The number of aromatic nitrogens is 2. The van der Waals surface area contributed by atoms with E-state index >= 15 is 0 Å². The molecule has 1 aliphatic heterocycles. The van der Waals surface area contributed by atoms with Crippen LogP contribution in [0.25, 0.3) is 11.1 Å². The van der Waals surface area contributed by atoms with Gasteiger partial charge in [0.25, 0.3) is 0 Å². The minimum absolute atomic E-state index is 0.00749. The molecule has 1 fully saturated rings. The van der Waals surface area contributed by atoms with Crippen LogP contribution in [0, 0.1) is 6.92 Å². The third kappa shape index (κ3) is 7.87. The van der Waals surface area contributed by atoms with Gasteiger partial charge < -0.3 is 14.6 Å². The second-order valence-electron chi connectivity index (χ2n) is 10.7. The molecule has 4 aromatic carbocycles. The van der Waals surface area contributed by atoms with Crippen LogP contribution in [0.3, 0.4) is 0 Å². The molecule has 1 aromatic heterocycles. The lowest BCUT2D eigenvalue weighted by molar-refractivity contribution is -0.245. The average molecular weight is 660 g/mol. The van der Waals surface area contributed by atoms with Gasteiger partial charge in [-0.25, -0.2) is 13.1 Å². The summed E-state index contributed by atoms with van der Waals surface area (Å²) >= 11 is 3.21. The smallest absolute Gasteiger partial charge is 0.240 e. The zero-order valence-corrected chi connectivity index (χ0v) is 27.0. The minimum Gasteiger partial charge on any atom is -0.392 e. The van der Waals surface area contributed by atoms with Gasteiger partial charge in [0.1, 0.15) is 5.01 Å². The predicted molar refractivity (Wildman–Crippen MR) is 176 cm³/mol. The van der Waals surface area contributed by atoms with E-state index in [2.05, 4.69) is 14.9 Å². The molecule has 1 saturated heterocycles. The fraction of sp³-hybridized carbons (Fsp3) is 0.235. The standard InChI is InChI=1S/C34H33N3O5S3/c1-23-36-37-34(44-23)43-22-29-19-32(26-13-11-24(21-38)12-14-26)42-33(41-29)27-17-15-25(16-18-27)31-10-6-5-7-28(31)20-35-45(39,40)30-8-3-2-4-9-30/h2-18,29,32-33,35,38H,19-22H2,1H3. The van der Waals surface area contributed by atoms with E-state index < -0.39 is 16.3 Å². The molecule has 3 unspecified atom stereocenters. The zero-order chi connectivity index (χ0) is 31.2. The summed E-state index contributed by atoms with van der Waals surface area (Å²) in [6.45, 7) is 2.10. The van der Waals surface area contributed by atoms with E-state index in [1.807, 2.05) is 79.7 Å². The van der Waals surface area contributed by atoms with E-state index in [1.165, 1.54) is 0 Å². The van der Waals surface area contributed by atoms with Gasteiger partial charge in [-0.15, -0.1) is 10.2 Å². The quantitative estimate of drug-likeness (QED) is 0.149. The molecule has 232 valence electrons. The van der Waals surface area contributed by atoms with Crippen molar-refractivity contribution in [3.63, 3.8) is 0 Å². The molecule has 2 N–H and O–H groups in total. The Hall–Kier alpha value is -3.42. The van der Waals surface area contributed by atoms with E-state index in [0.717, 1.165) is 42.7 Å². The molecular formula is C34H33N3O5S3. The molecule has 0 aliphatic carbocycles. The summed E-state index contributed by atoms with van der Waals surface area (Å²) in [5.74, 6) is 0.712. The Balaban J connectivity index is 1.20. The van der Waals surface area contributed by atoms with Crippen LogP contribution in [0.4, 0.5) is 0 Å². The predicted octanol–water partition coefficient (Wildman–Crippen LogP) is 6.82. The number of aliphatic hydroxyl groups is 1. The van der Waals surface area contributed by atoms with Gasteiger partial charge in [-0.1, -0.05) is 114 Å². The molecule has 11 heteroatoms. The van der Waals surface area contributed by atoms with Crippen molar-refractivity contribution in [2.75, 3.05) is 5.75 Å². The van der Waals surface area contributed by atoms with E-state index in [4.69, 9.17) is 9.47 Å². The lowest BCUT2D eigenvalue weighted by Crippen LogP contribution is -2.31. The Morgan fingerprint density at radius 3 is 2.31 bits per heavy atom. The maximum atomic E-state index is 12.8. The van der Waals surface area contributed by atoms with Gasteiger partial charge >= 0.3 is 0 Å². The van der Waals surface area contributed by atoms with Gasteiger partial charge in [0, 0.05) is 24.3 Å². The number of aliphatic hydroxyl groups excluding tert-OH is 1. The average Bonchev–Trinajstić information content (AvgIpc) is 3.51. The van der Waals surface area contributed by atoms with Gasteiger partial charge in [0.2, 0.25) is 10.0 Å². The molecule has 0 radical (unpaired) electrons. The maximum Gasteiger partial charge on any atom is 0.240 e. The number of thioether (sulfide) groups is 1. The van der Waals surface area contributed by atoms with Crippen LogP contribution in [-0.2, 0) is 32.6 Å². The largest absolute Gasteiger partial charge is 0.392 e. The summed E-state index contributed by atoms with van der Waals surface area (Å²) < 4.78 is 42.3. The minimum atomic E-state index is -3.64.